The highest BCUT2D eigenvalue weighted by molar-refractivity contribution is 9.10. The van der Waals surface area contributed by atoms with E-state index in [-0.39, 0.29) is 5.56 Å². The minimum atomic E-state index is -1.00. The van der Waals surface area contributed by atoms with Crippen LogP contribution in [0.3, 0.4) is 0 Å². The monoisotopic (exact) mass is 384 g/mol. The molecule has 0 heterocycles. The third kappa shape index (κ3) is 3.81. The van der Waals surface area contributed by atoms with E-state index in [1.165, 1.54) is 6.07 Å². The lowest BCUT2D eigenvalue weighted by Gasteiger charge is -2.09. The number of halogens is 2. The maximum atomic E-state index is 11.1. The summed E-state index contributed by atoms with van der Waals surface area (Å²) in [5.74, 6) is -0.650. The molecular weight excluding hydrogens is 376 g/mol. The summed E-state index contributed by atoms with van der Waals surface area (Å²) in [4.78, 5) is 11.1. The van der Waals surface area contributed by atoms with E-state index in [9.17, 15) is 4.79 Å². The van der Waals surface area contributed by atoms with E-state index in [1.54, 1.807) is 12.1 Å². The molecule has 3 nitrogen and oxygen atoms in total. The third-order valence-electron chi connectivity index (χ3n) is 2.48. The van der Waals surface area contributed by atoms with Gasteiger partial charge in [-0.2, -0.15) is 0 Å². The van der Waals surface area contributed by atoms with Crippen molar-refractivity contribution in [2.75, 3.05) is 0 Å². The smallest absolute Gasteiger partial charge is 0.339 e. The van der Waals surface area contributed by atoms with Gasteiger partial charge in [-0.3, -0.25) is 0 Å². The lowest BCUT2D eigenvalue weighted by Crippen LogP contribution is -2.03. The van der Waals surface area contributed by atoms with E-state index in [2.05, 4.69) is 31.9 Å². The van der Waals surface area contributed by atoms with E-state index >= 15 is 0 Å². The highest BCUT2D eigenvalue weighted by Gasteiger charge is 2.11. The lowest BCUT2D eigenvalue weighted by molar-refractivity contribution is 0.0691. The second kappa shape index (κ2) is 6.21. The zero-order valence-corrected chi connectivity index (χ0v) is 12.9. The van der Waals surface area contributed by atoms with Gasteiger partial charge in [-0.25, -0.2) is 4.79 Å². The Morgan fingerprint density at radius 1 is 1.05 bits per heavy atom. The summed E-state index contributed by atoms with van der Waals surface area (Å²) in [6, 6.07) is 12.5. The molecule has 0 fully saturated rings. The van der Waals surface area contributed by atoms with Gasteiger partial charge in [-0.1, -0.05) is 44.0 Å². The molecule has 5 heteroatoms. The first-order valence-corrected chi connectivity index (χ1v) is 7.05. The molecule has 2 rings (SSSR count). The van der Waals surface area contributed by atoms with Crippen LogP contribution in [-0.4, -0.2) is 11.1 Å². The molecule has 0 saturated carbocycles. The van der Waals surface area contributed by atoms with E-state index < -0.39 is 5.97 Å². The number of hydrogen-bond acceptors (Lipinski definition) is 2. The summed E-state index contributed by atoms with van der Waals surface area (Å²) < 4.78 is 7.35. The number of carboxylic acid groups (broad SMARTS) is 1. The Hall–Kier alpha value is -1.33. The van der Waals surface area contributed by atoms with Gasteiger partial charge in [0.2, 0.25) is 0 Å². The van der Waals surface area contributed by atoms with Gasteiger partial charge in [0.25, 0.3) is 0 Å². The van der Waals surface area contributed by atoms with E-state index in [0.717, 1.165) is 14.5 Å². The van der Waals surface area contributed by atoms with Crippen molar-refractivity contribution in [3.05, 3.63) is 62.5 Å². The summed E-state index contributed by atoms with van der Waals surface area (Å²) >= 11 is 6.66. The first-order valence-electron chi connectivity index (χ1n) is 5.46. The van der Waals surface area contributed by atoms with Crippen LogP contribution in [-0.2, 0) is 6.61 Å². The van der Waals surface area contributed by atoms with Crippen LogP contribution < -0.4 is 4.74 Å². The number of aromatic carboxylic acids is 1. The molecule has 0 amide bonds. The second-order valence-electron chi connectivity index (χ2n) is 3.86. The summed E-state index contributed by atoms with van der Waals surface area (Å²) in [5, 5.41) is 9.09. The van der Waals surface area contributed by atoms with Crippen LogP contribution in [0.1, 0.15) is 15.9 Å². The van der Waals surface area contributed by atoms with Crippen LogP contribution in [0.5, 0.6) is 5.75 Å². The van der Waals surface area contributed by atoms with Crippen LogP contribution in [0, 0.1) is 0 Å². The molecule has 0 spiro atoms. The van der Waals surface area contributed by atoms with E-state index in [1.807, 2.05) is 24.3 Å². The molecule has 1 N–H and O–H groups in total. The second-order valence-corrected chi connectivity index (χ2v) is 5.69. The number of ether oxygens (including phenoxy) is 1. The van der Waals surface area contributed by atoms with Crippen molar-refractivity contribution < 1.29 is 14.6 Å². The number of carboxylic acids is 1. The number of benzene rings is 2. The van der Waals surface area contributed by atoms with Crippen molar-refractivity contribution >= 4 is 37.8 Å². The van der Waals surface area contributed by atoms with E-state index in [4.69, 9.17) is 9.84 Å². The first-order chi connectivity index (χ1) is 9.06. The largest absolute Gasteiger partial charge is 0.488 e. The first kappa shape index (κ1) is 14.1. The maximum Gasteiger partial charge on any atom is 0.339 e. The zero-order valence-electron chi connectivity index (χ0n) is 9.77. The predicted octanol–water partition coefficient (Wildman–Crippen LogP) is 4.49. The maximum absolute atomic E-state index is 11.1. The van der Waals surface area contributed by atoms with E-state index in [0.29, 0.717) is 12.4 Å². The summed E-state index contributed by atoms with van der Waals surface area (Å²) in [5.41, 5.74) is 1.12. The molecule has 0 aliphatic carbocycles. The van der Waals surface area contributed by atoms with Gasteiger partial charge in [-0.15, -0.1) is 0 Å². The Morgan fingerprint density at radius 3 is 2.32 bits per heavy atom. The molecule has 0 radical (unpaired) electrons. The summed E-state index contributed by atoms with van der Waals surface area (Å²) in [6.07, 6.45) is 0. The average molecular weight is 386 g/mol. The average Bonchev–Trinajstić information content (AvgIpc) is 2.38. The molecule has 19 heavy (non-hydrogen) atoms. The quantitative estimate of drug-likeness (QED) is 0.843. The molecule has 98 valence electrons. The molecule has 2 aromatic rings. The molecule has 0 aliphatic heterocycles. The third-order valence-corrected chi connectivity index (χ3v) is 3.50. The standard InChI is InChI=1S/C14H10Br2O3/c15-10-3-1-9(2-4-10)8-19-13-7-11(16)5-6-12(13)14(17)18/h1-7H,8H2,(H,17,18). The number of hydrogen-bond donors (Lipinski definition) is 1. The fraction of sp³-hybridized carbons (Fsp3) is 0.0714. The van der Waals surface area contributed by atoms with Crippen LogP contribution in [0.25, 0.3) is 0 Å². The molecule has 0 atom stereocenters. The normalized spacial score (nSPS) is 10.2. The van der Waals surface area contributed by atoms with Crippen molar-refractivity contribution in [2.24, 2.45) is 0 Å². The van der Waals surface area contributed by atoms with Gasteiger partial charge in [0.15, 0.2) is 0 Å². The SMILES string of the molecule is O=C(O)c1ccc(Br)cc1OCc1ccc(Br)cc1. The molecular formula is C14H10Br2O3. The number of carbonyl (C=O) groups is 1. The van der Waals surface area contributed by atoms with Gasteiger partial charge in [0, 0.05) is 8.95 Å². The van der Waals surface area contributed by atoms with Crippen molar-refractivity contribution in [1.82, 2.24) is 0 Å². The predicted molar refractivity (Wildman–Crippen MR) is 79.6 cm³/mol. The van der Waals surface area contributed by atoms with Crippen molar-refractivity contribution in [2.45, 2.75) is 6.61 Å². The molecule has 0 saturated heterocycles. The summed E-state index contributed by atoms with van der Waals surface area (Å²) in [7, 11) is 0. The van der Waals surface area contributed by atoms with Crippen molar-refractivity contribution in [3.63, 3.8) is 0 Å². The zero-order chi connectivity index (χ0) is 13.8. The van der Waals surface area contributed by atoms with Gasteiger partial charge in [-0.05, 0) is 35.9 Å². The number of rotatable bonds is 4. The summed E-state index contributed by atoms with van der Waals surface area (Å²) in [6.45, 7) is 0.323. The highest BCUT2D eigenvalue weighted by atomic mass is 79.9. The van der Waals surface area contributed by atoms with Crippen LogP contribution in [0.2, 0.25) is 0 Å². The van der Waals surface area contributed by atoms with Crippen LogP contribution in [0.4, 0.5) is 0 Å². The van der Waals surface area contributed by atoms with Gasteiger partial charge in [0.1, 0.15) is 17.9 Å². The Balaban J connectivity index is 2.16. The Bertz CT molecular complexity index is 594. The molecule has 0 unspecified atom stereocenters. The fourth-order valence-electron chi connectivity index (χ4n) is 1.53. The van der Waals surface area contributed by atoms with Gasteiger partial charge < -0.3 is 9.84 Å². The van der Waals surface area contributed by atoms with Gasteiger partial charge >= 0.3 is 5.97 Å². The molecule has 0 aliphatic rings. The van der Waals surface area contributed by atoms with Crippen LogP contribution in [0.15, 0.2) is 51.4 Å². The Kier molecular flexibility index (Phi) is 4.61. The lowest BCUT2D eigenvalue weighted by atomic mass is 10.2. The molecule has 2 aromatic carbocycles. The fourth-order valence-corrected chi connectivity index (χ4v) is 2.14. The Morgan fingerprint density at radius 2 is 1.68 bits per heavy atom. The van der Waals surface area contributed by atoms with Crippen molar-refractivity contribution in [1.29, 1.82) is 0 Å². The topological polar surface area (TPSA) is 46.5 Å². The minimum absolute atomic E-state index is 0.153. The molecule has 0 aromatic heterocycles. The van der Waals surface area contributed by atoms with Crippen molar-refractivity contribution in [3.8, 4) is 5.75 Å². The minimum Gasteiger partial charge on any atom is -0.488 e. The highest BCUT2D eigenvalue weighted by Crippen LogP contribution is 2.25. The van der Waals surface area contributed by atoms with Crippen LogP contribution >= 0.6 is 31.9 Å². The van der Waals surface area contributed by atoms with Gasteiger partial charge in [0.05, 0.1) is 0 Å². The molecule has 0 bridgehead atoms. The Labute approximate surface area is 127 Å².